The Morgan fingerprint density at radius 1 is 1.09 bits per heavy atom. The minimum atomic E-state index is -0.482. The molecule has 2 bridgehead atoms. The third-order valence-electron chi connectivity index (χ3n) is 6.53. The van der Waals surface area contributed by atoms with Crippen LogP contribution in [0.4, 0.5) is 10.2 Å². The Labute approximate surface area is 186 Å². The van der Waals surface area contributed by atoms with Gasteiger partial charge in [0.05, 0.1) is 11.6 Å². The van der Waals surface area contributed by atoms with Crippen LogP contribution in [0.25, 0.3) is 11.4 Å². The number of carbonyl (C=O) groups excluding carboxylic acids is 1. The first-order valence-electron chi connectivity index (χ1n) is 11.1. The molecule has 3 aliphatic rings. The maximum absolute atomic E-state index is 14.5. The quantitative estimate of drug-likeness (QED) is 0.663. The van der Waals surface area contributed by atoms with Gasteiger partial charge in [0.1, 0.15) is 17.2 Å². The van der Waals surface area contributed by atoms with E-state index in [1.54, 1.807) is 12.1 Å². The number of fused-ring (bicyclic) bond motifs is 3. The van der Waals surface area contributed by atoms with Gasteiger partial charge in [0, 0.05) is 30.7 Å². The number of halogens is 1. The fraction of sp³-hybridized carbons (Fsp3) is 0.360. The molecule has 1 amide bonds. The molecule has 3 fully saturated rings. The number of pyridine rings is 3. The topological polar surface area (TPSA) is 71.0 Å². The second-order valence-electron chi connectivity index (χ2n) is 8.86. The van der Waals surface area contributed by atoms with Crippen molar-refractivity contribution in [3.8, 4) is 11.4 Å². The number of hydrogen-bond donors (Lipinski definition) is 1. The summed E-state index contributed by atoms with van der Waals surface area (Å²) in [5.74, 6) is 0.662. The average Bonchev–Trinajstić information content (AvgIpc) is 2.81. The minimum Gasteiger partial charge on any atom is -0.365 e. The van der Waals surface area contributed by atoms with Crippen LogP contribution < -0.4 is 5.32 Å². The molecule has 3 aromatic rings. The van der Waals surface area contributed by atoms with E-state index in [2.05, 4.69) is 20.3 Å². The highest BCUT2D eigenvalue weighted by atomic mass is 19.1. The minimum absolute atomic E-state index is 0.0540. The summed E-state index contributed by atoms with van der Waals surface area (Å²) in [6, 6.07) is 10.6. The number of carbonyl (C=O) groups is 1. The van der Waals surface area contributed by atoms with E-state index in [0.29, 0.717) is 29.4 Å². The van der Waals surface area contributed by atoms with E-state index in [1.807, 2.05) is 37.1 Å². The average molecular weight is 432 g/mol. The Balaban J connectivity index is 1.46. The second kappa shape index (κ2) is 8.30. The Hall–Kier alpha value is -3.35. The summed E-state index contributed by atoms with van der Waals surface area (Å²) in [5.41, 5.74) is 2.64. The van der Waals surface area contributed by atoms with Gasteiger partial charge in [-0.05, 0) is 74.9 Å². The summed E-state index contributed by atoms with van der Waals surface area (Å²) in [6.07, 6.45) is 6.43. The molecule has 7 heteroatoms. The van der Waals surface area contributed by atoms with Crippen molar-refractivity contribution in [2.75, 3.05) is 11.9 Å². The number of anilines is 1. The predicted molar refractivity (Wildman–Crippen MR) is 121 cm³/mol. The zero-order chi connectivity index (χ0) is 22.2. The SMILES string of the molecule is Cc1ccc(NC2CC3CCC2N(C(=O)c2ccc(C)nc2-c2ncccc2F)C3)nc1. The normalized spacial score (nSPS) is 22.1. The van der Waals surface area contributed by atoms with Crippen molar-refractivity contribution in [1.29, 1.82) is 0 Å². The van der Waals surface area contributed by atoms with Gasteiger partial charge in [-0.1, -0.05) is 6.07 Å². The van der Waals surface area contributed by atoms with Gasteiger partial charge in [-0.15, -0.1) is 0 Å². The van der Waals surface area contributed by atoms with Crippen molar-refractivity contribution in [1.82, 2.24) is 19.9 Å². The summed E-state index contributed by atoms with van der Waals surface area (Å²) < 4.78 is 14.5. The number of aromatic nitrogens is 3. The summed E-state index contributed by atoms with van der Waals surface area (Å²) >= 11 is 0. The first-order chi connectivity index (χ1) is 15.5. The molecule has 2 saturated heterocycles. The van der Waals surface area contributed by atoms with Gasteiger partial charge in [0.15, 0.2) is 5.82 Å². The molecule has 3 aromatic heterocycles. The highest BCUT2D eigenvalue weighted by Crippen LogP contribution is 2.38. The summed E-state index contributed by atoms with van der Waals surface area (Å²) in [6.45, 7) is 4.55. The van der Waals surface area contributed by atoms with Gasteiger partial charge in [0.2, 0.25) is 0 Å². The molecule has 0 spiro atoms. The zero-order valence-electron chi connectivity index (χ0n) is 18.3. The van der Waals surface area contributed by atoms with Crippen molar-refractivity contribution in [3.63, 3.8) is 0 Å². The molecule has 5 heterocycles. The van der Waals surface area contributed by atoms with E-state index >= 15 is 0 Å². The number of nitrogens with zero attached hydrogens (tertiary/aromatic N) is 4. The van der Waals surface area contributed by atoms with E-state index in [1.165, 1.54) is 18.3 Å². The zero-order valence-corrected chi connectivity index (χ0v) is 18.3. The fourth-order valence-electron chi connectivity index (χ4n) is 4.95. The lowest BCUT2D eigenvalue weighted by molar-refractivity contribution is 0.0282. The van der Waals surface area contributed by atoms with E-state index in [4.69, 9.17) is 0 Å². The second-order valence-corrected chi connectivity index (χ2v) is 8.86. The van der Waals surface area contributed by atoms with E-state index in [0.717, 1.165) is 30.6 Å². The molecule has 1 N–H and O–H groups in total. The molecule has 1 aliphatic carbocycles. The van der Waals surface area contributed by atoms with Gasteiger partial charge in [-0.25, -0.2) is 9.37 Å². The maximum Gasteiger partial charge on any atom is 0.256 e. The van der Waals surface area contributed by atoms with Crippen LogP contribution in [0.1, 0.15) is 40.9 Å². The summed E-state index contributed by atoms with van der Waals surface area (Å²) in [5, 5.41) is 3.55. The maximum atomic E-state index is 14.5. The molecule has 3 unspecified atom stereocenters. The summed E-state index contributed by atoms with van der Waals surface area (Å²) in [4.78, 5) is 28.8. The molecule has 6 rings (SSSR count). The Kier molecular flexibility index (Phi) is 5.33. The van der Waals surface area contributed by atoms with E-state index < -0.39 is 5.82 Å². The number of hydrogen-bond acceptors (Lipinski definition) is 5. The standard InChI is InChI=1S/C25H26FN5O/c1-15-5-10-22(28-13-15)30-20-12-17-7-9-21(20)31(14-17)25(32)18-8-6-16(2)29-23(18)24-19(26)4-3-11-27-24/h3-6,8,10-11,13,17,20-21H,7,9,12,14H2,1-2H3,(H,28,30). The third kappa shape index (κ3) is 3.83. The molecule has 164 valence electrons. The predicted octanol–water partition coefficient (Wildman–Crippen LogP) is 4.40. The Morgan fingerprint density at radius 3 is 2.72 bits per heavy atom. The van der Waals surface area contributed by atoms with Crippen molar-refractivity contribution in [3.05, 3.63) is 71.4 Å². The number of amides is 1. The monoisotopic (exact) mass is 431 g/mol. The molecular formula is C25H26FN5O. The van der Waals surface area contributed by atoms with E-state index in [-0.39, 0.29) is 23.7 Å². The lowest BCUT2D eigenvalue weighted by atomic mass is 9.76. The molecular weight excluding hydrogens is 405 g/mol. The number of aryl methyl sites for hydroxylation is 2. The molecule has 2 aliphatic heterocycles. The van der Waals surface area contributed by atoms with Crippen LogP contribution in [0.15, 0.2) is 48.8 Å². The van der Waals surface area contributed by atoms with Crippen LogP contribution in [0.5, 0.6) is 0 Å². The first kappa shape index (κ1) is 20.5. The van der Waals surface area contributed by atoms with Gasteiger partial charge >= 0.3 is 0 Å². The Bertz CT molecular complexity index is 1150. The smallest absolute Gasteiger partial charge is 0.256 e. The molecule has 6 nitrogen and oxygen atoms in total. The van der Waals surface area contributed by atoms with Crippen LogP contribution in [0.3, 0.4) is 0 Å². The lowest BCUT2D eigenvalue weighted by Crippen LogP contribution is -2.59. The van der Waals surface area contributed by atoms with Crippen LogP contribution in [-0.2, 0) is 0 Å². The van der Waals surface area contributed by atoms with Crippen LogP contribution in [-0.4, -0.2) is 44.4 Å². The summed E-state index contributed by atoms with van der Waals surface area (Å²) in [7, 11) is 0. The fourth-order valence-corrected chi connectivity index (χ4v) is 4.95. The van der Waals surface area contributed by atoms with Gasteiger partial charge in [-0.2, -0.15) is 0 Å². The molecule has 32 heavy (non-hydrogen) atoms. The highest BCUT2D eigenvalue weighted by molar-refractivity contribution is 6.00. The number of nitrogens with one attached hydrogen (secondary N) is 1. The van der Waals surface area contributed by atoms with Gasteiger partial charge in [-0.3, -0.25) is 14.8 Å². The molecule has 3 atom stereocenters. The van der Waals surface area contributed by atoms with Crippen molar-refractivity contribution < 1.29 is 9.18 Å². The molecule has 0 radical (unpaired) electrons. The lowest BCUT2D eigenvalue weighted by Gasteiger charge is -2.50. The van der Waals surface area contributed by atoms with Gasteiger partial charge < -0.3 is 10.2 Å². The van der Waals surface area contributed by atoms with Crippen molar-refractivity contribution >= 4 is 11.7 Å². The van der Waals surface area contributed by atoms with Crippen molar-refractivity contribution in [2.24, 2.45) is 5.92 Å². The van der Waals surface area contributed by atoms with Crippen LogP contribution in [0.2, 0.25) is 0 Å². The molecule has 0 aromatic carbocycles. The highest BCUT2D eigenvalue weighted by Gasteiger charge is 2.43. The number of rotatable bonds is 4. The number of piperidine rings is 2. The largest absolute Gasteiger partial charge is 0.365 e. The molecule has 1 saturated carbocycles. The van der Waals surface area contributed by atoms with Gasteiger partial charge in [0.25, 0.3) is 5.91 Å². The van der Waals surface area contributed by atoms with Crippen molar-refractivity contribution in [2.45, 2.75) is 45.2 Å². The van der Waals surface area contributed by atoms with E-state index in [9.17, 15) is 9.18 Å². The Morgan fingerprint density at radius 2 is 1.97 bits per heavy atom. The van der Waals surface area contributed by atoms with Crippen LogP contribution >= 0.6 is 0 Å². The third-order valence-corrected chi connectivity index (χ3v) is 6.53. The van der Waals surface area contributed by atoms with Crippen LogP contribution in [0, 0.1) is 25.6 Å². The first-order valence-corrected chi connectivity index (χ1v) is 11.1.